The maximum Gasteiger partial charge on any atom is 0.287 e. The van der Waals surface area contributed by atoms with Gasteiger partial charge in [-0.25, -0.2) is 17.6 Å². The van der Waals surface area contributed by atoms with Crippen LogP contribution in [0.15, 0.2) is 11.3 Å². The molecule has 16 heavy (non-hydrogen) atoms. The first-order chi connectivity index (χ1) is 7.09. The van der Waals surface area contributed by atoms with E-state index in [1.54, 1.807) is 0 Å². The summed E-state index contributed by atoms with van der Waals surface area (Å²) in [4.78, 5) is 0. The lowest BCUT2D eigenvalue weighted by Crippen LogP contribution is -2.43. The summed E-state index contributed by atoms with van der Waals surface area (Å²) in [6, 6.07) is 0. The number of hydrogen-bond donors (Lipinski definition) is 2. The van der Waals surface area contributed by atoms with Crippen LogP contribution in [0, 0.1) is 5.41 Å². The first-order valence-electron chi connectivity index (χ1n) is 4.23. The largest absolute Gasteiger partial charge is 0.397 e. The Kier molecular flexibility index (Phi) is 2.95. The van der Waals surface area contributed by atoms with E-state index in [1.165, 1.54) is 0 Å². The Morgan fingerprint density at radius 3 is 2.00 bits per heavy atom. The van der Waals surface area contributed by atoms with Gasteiger partial charge in [0.25, 0.3) is 18.3 Å². The summed E-state index contributed by atoms with van der Waals surface area (Å²) in [5.41, 5.74) is -0.467. The highest BCUT2D eigenvalue weighted by molar-refractivity contribution is 6.02. The summed E-state index contributed by atoms with van der Waals surface area (Å²) in [6.07, 6.45) is -6.08. The summed E-state index contributed by atoms with van der Waals surface area (Å²) >= 11 is 0. The van der Waals surface area contributed by atoms with Crippen LogP contribution in [0.1, 0.15) is 12.8 Å². The Bertz CT molecular complexity index is 346. The Morgan fingerprint density at radius 1 is 1.12 bits per heavy atom. The topological polar surface area (TPSA) is 49.9 Å². The molecule has 92 valence electrons. The molecule has 1 rings (SSSR count). The fourth-order valence-electron chi connectivity index (χ4n) is 1.40. The Balaban J connectivity index is 3.31. The van der Waals surface area contributed by atoms with Crippen molar-refractivity contribution in [2.24, 2.45) is 5.73 Å². The van der Waals surface area contributed by atoms with E-state index in [1.807, 2.05) is 0 Å². The Morgan fingerprint density at radius 2 is 1.56 bits per heavy atom. The van der Waals surface area contributed by atoms with Gasteiger partial charge >= 0.3 is 0 Å². The van der Waals surface area contributed by atoms with Crippen LogP contribution in [-0.4, -0.2) is 24.0 Å². The predicted molar refractivity (Wildman–Crippen MR) is 44.1 cm³/mol. The lowest BCUT2D eigenvalue weighted by atomic mass is 9.87. The van der Waals surface area contributed by atoms with Gasteiger partial charge in [0, 0.05) is 12.8 Å². The van der Waals surface area contributed by atoms with E-state index in [2.05, 4.69) is 0 Å². The van der Waals surface area contributed by atoms with E-state index in [-0.39, 0.29) is 0 Å². The van der Waals surface area contributed by atoms with Gasteiger partial charge in [-0.3, -0.25) is 5.41 Å². The number of alkyl halides is 6. The molecule has 3 N–H and O–H groups in total. The smallest absolute Gasteiger partial charge is 0.287 e. The molecule has 1 aliphatic carbocycles. The summed E-state index contributed by atoms with van der Waals surface area (Å²) in [7, 11) is 0. The van der Waals surface area contributed by atoms with Gasteiger partial charge in [0.15, 0.2) is 0 Å². The van der Waals surface area contributed by atoms with Crippen molar-refractivity contribution in [3.63, 3.8) is 0 Å². The Labute approximate surface area is 86.6 Å². The summed E-state index contributed by atoms with van der Waals surface area (Å²) in [5.74, 6) is -7.67. The quantitative estimate of drug-likeness (QED) is 0.571. The maximum absolute atomic E-state index is 13.1. The molecule has 0 aromatic carbocycles. The summed E-state index contributed by atoms with van der Waals surface area (Å²) < 4.78 is 76.3. The minimum atomic E-state index is -3.90. The number of nitrogens with two attached hydrogens (primary N) is 1. The first-order valence-corrected chi connectivity index (χ1v) is 4.23. The standard InChI is InChI=1S/C8H8F6N2/c9-6(10)4(15)3-5(16)8(13,14)2-1-7(3,11)12/h6,15H,1-2,16H2. The monoisotopic (exact) mass is 246 g/mol. The van der Waals surface area contributed by atoms with Crippen LogP contribution >= 0.6 is 0 Å². The number of allylic oxidation sites excluding steroid dienone is 2. The number of hydrogen-bond acceptors (Lipinski definition) is 2. The zero-order chi connectivity index (χ0) is 12.7. The van der Waals surface area contributed by atoms with Crippen molar-refractivity contribution in [3.05, 3.63) is 11.3 Å². The summed E-state index contributed by atoms with van der Waals surface area (Å²) in [5, 5.41) is 6.70. The van der Waals surface area contributed by atoms with E-state index in [0.717, 1.165) is 0 Å². The molecule has 0 saturated carbocycles. The molecule has 0 spiro atoms. The zero-order valence-electron chi connectivity index (χ0n) is 7.84. The van der Waals surface area contributed by atoms with Gasteiger partial charge in [-0.2, -0.15) is 8.78 Å². The van der Waals surface area contributed by atoms with Crippen molar-refractivity contribution in [1.29, 1.82) is 5.41 Å². The lowest BCUT2D eigenvalue weighted by molar-refractivity contribution is -0.0454. The minimum absolute atomic E-state index is 1.22. The molecule has 1 aliphatic rings. The summed E-state index contributed by atoms with van der Waals surface area (Å²) in [6.45, 7) is 0. The van der Waals surface area contributed by atoms with Crippen molar-refractivity contribution < 1.29 is 26.3 Å². The Hall–Kier alpha value is -1.21. The second kappa shape index (κ2) is 3.67. The fourth-order valence-corrected chi connectivity index (χ4v) is 1.40. The van der Waals surface area contributed by atoms with E-state index in [4.69, 9.17) is 11.1 Å². The second-order valence-corrected chi connectivity index (χ2v) is 3.41. The third-order valence-corrected chi connectivity index (χ3v) is 2.27. The molecule has 0 radical (unpaired) electrons. The molecule has 0 aromatic heterocycles. The number of halogens is 6. The molecule has 0 atom stereocenters. The van der Waals surface area contributed by atoms with Crippen LogP contribution in [0.5, 0.6) is 0 Å². The highest BCUT2D eigenvalue weighted by Crippen LogP contribution is 2.44. The first kappa shape index (κ1) is 12.9. The molecule has 0 aliphatic heterocycles. The molecule has 0 aromatic rings. The molecule has 8 heteroatoms. The van der Waals surface area contributed by atoms with Gasteiger partial charge < -0.3 is 5.73 Å². The van der Waals surface area contributed by atoms with Crippen molar-refractivity contribution >= 4 is 5.71 Å². The molecule has 0 fully saturated rings. The van der Waals surface area contributed by atoms with Crippen LogP contribution in [-0.2, 0) is 0 Å². The van der Waals surface area contributed by atoms with Gasteiger partial charge in [-0.05, 0) is 0 Å². The average molecular weight is 246 g/mol. The second-order valence-electron chi connectivity index (χ2n) is 3.41. The predicted octanol–water partition coefficient (Wildman–Crippen LogP) is 2.55. The van der Waals surface area contributed by atoms with E-state index in [0.29, 0.717) is 0 Å². The van der Waals surface area contributed by atoms with Crippen LogP contribution in [0.3, 0.4) is 0 Å². The average Bonchev–Trinajstić information content (AvgIpc) is 2.13. The third kappa shape index (κ3) is 2.00. The molecule has 0 unspecified atom stereocenters. The number of rotatable bonds is 2. The highest BCUT2D eigenvalue weighted by Gasteiger charge is 2.52. The van der Waals surface area contributed by atoms with Crippen molar-refractivity contribution in [3.8, 4) is 0 Å². The van der Waals surface area contributed by atoms with E-state index in [9.17, 15) is 26.3 Å². The molecular weight excluding hydrogens is 238 g/mol. The highest BCUT2D eigenvalue weighted by atomic mass is 19.3. The van der Waals surface area contributed by atoms with Crippen molar-refractivity contribution in [1.82, 2.24) is 0 Å². The molecule has 0 amide bonds. The molecule has 0 bridgehead atoms. The van der Waals surface area contributed by atoms with Crippen LogP contribution in [0.4, 0.5) is 26.3 Å². The van der Waals surface area contributed by atoms with Gasteiger partial charge in [-0.1, -0.05) is 0 Å². The van der Waals surface area contributed by atoms with E-state index >= 15 is 0 Å². The number of nitrogens with one attached hydrogen (secondary N) is 1. The molecular formula is C8H8F6N2. The maximum atomic E-state index is 13.1. The lowest BCUT2D eigenvalue weighted by Gasteiger charge is -2.31. The molecule has 0 heterocycles. The zero-order valence-corrected chi connectivity index (χ0v) is 7.84. The van der Waals surface area contributed by atoms with Gasteiger partial charge in [0.1, 0.15) is 5.71 Å². The van der Waals surface area contributed by atoms with Gasteiger partial charge in [0.05, 0.1) is 11.3 Å². The van der Waals surface area contributed by atoms with Crippen LogP contribution < -0.4 is 5.73 Å². The van der Waals surface area contributed by atoms with Gasteiger partial charge in [0.2, 0.25) is 0 Å². The van der Waals surface area contributed by atoms with Gasteiger partial charge in [-0.15, -0.1) is 0 Å². The molecule has 0 saturated heterocycles. The molecule has 2 nitrogen and oxygen atoms in total. The van der Waals surface area contributed by atoms with Crippen molar-refractivity contribution in [2.75, 3.05) is 0 Å². The van der Waals surface area contributed by atoms with Crippen molar-refractivity contribution in [2.45, 2.75) is 31.1 Å². The third-order valence-electron chi connectivity index (χ3n) is 2.27. The minimum Gasteiger partial charge on any atom is -0.397 e. The van der Waals surface area contributed by atoms with Crippen LogP contribution in [0.25, 0.3) is 0 Å². The SMILES string of the molecule is N=C(C1=C(N)C(F)(F)CCC1(F)F)C(F)F. The van der Waals surface area contributed by atoms with Crippen LogP contribution in [0.2, 0.25) is 0 Å². The van der Waals surface area contributed by atoms with E-state index < -0.39 is 48.1 Å². The fraction of sp³-hybridized carbons (Fsp3) is 0.625. The normalized spacial score (nSPS) is 23.7.